The van der Waals surface area contributed by atoms with Crippen LogP contribution in [0.2, 0.25) is 0 Å². The molecule has 0 saturated carbocycles. The number of carbonyl (C=O) groups is 1. The zero-order chi connectivity index (χ0) is 21.4. The van der Waals surface area contributed by atoms with Gasteiger partial charge in [0, 0.05) is 32.5 Å². The Hall–Kier alpha value is -3.14. The molecule has 1 aromatic carbocycles. The van der Waals surface area contributed by atoms with E-state index in [0.29, 0.717) is 15.9 Å². The number of nitrogens with one attached hydrogen (secondary N) is 1. The maximum absolute atomic E-state index is 13.0. The Kier molecular flexibility index (Phi) is 5.23. The molecule has 0 spiro atoms. The molecule has 1 N–H and O–H groups in total. The summed E-state index contributed by atoms with van der Waals surface area (Å²) < 4.78 is 1.36. The highest BCUT2D eigenvalue weighted by Gasteiger charge is 2.15. The van der Waals surface area contributed by atoms with Gasteiger partial charge in [0.2, 0.25) is 5.91 Å². The van der Waals surface area contributed by atoms with Crippen molar-refractivity contribution < 1.29 is 4.79 Å². The summed E-state index contributed by atoms with van der Waals surface area (Å²) in [5.41, 5.74) is 3.24. The van der Waals surface area contributed by atoms with Crippen molar-refractivity contribution in [2.45, 2.75) is 13.5 Å². The third-order valence-electron chi connectivity index (χ3n) is 4.74. The number of fused-ring (bicyclic) bond motifs is 1. The van der Waals surface area contributed by atoms with Crippen LogP contribution in [0.5, 0.6) is 0 Å². The zero-order valence-corrected chi connectivity index (χ0v) is 18.8. The SMILES string of the molecule is Cc1nc(-c2ccc(NC(=O)Cn3cnc4scc(-c5cccs5)c4c3=O)cc2)cs1. The highest BCUT2D eigenvalue weighted by Crippen LogP contribution is 2.33. The van der Waals surface area contributed by atoms with Gasteiger partial charge in [-0.05, 0) is 30.5 Å². The van der Waals surface area contributed by atoms with Crippen molar-refractivity contribution in [2.24, 2.45) is 0 Å². The van der Waals surface area contributed by atoms with Crippen molar-refractivity contribution in [3.8, 4) is 21.7 Å². The number of amides is 1. The number of carbonyl (C=O) groups excluding carboxylic acids is 1. The Morgan fingerprint density at radius 3 is 2.65 bits per heavy atom. The third-order valence-corrected chi connectivity index (χ3v) is 7.31. The fraction of sp³-hybridized carbons (Fsp3) is 0.0909. The summed E-state index contributed by atoms with van der Waals surface area (Å²) in [5, 5.41) is 10.3. The molecule has 9 heteroatoms. The van der Waals surface area contributed by atoms with E-state index in [0.717, 1.165) is 26.7 Å². The summed E-state index contributed by atoms with van der Waals surface area (Å²) in [6, 6.07) is 11.4. The predicted molar refractivity (Wildman–Crippen MR) is 128 cm³/mol. The molecule has 0 aliphatic carbocycles. The van der Waals surface area contributed by atoms with E-state index in [-0.39, 0.29) is 18.0 Å². The van der Waals surface area contributed by atoms with Crippen LogP contribution in [-0.2, 0) is 11.3 Å². The van der Waals surface area contributed by atoms with Gasteiger partial charge in [0.25, 0.3) is 5.56 Å². The van der Waals surface area contributed by atoms with Gasteiger partial charge in [-0.1, -0.05) is 18.2 Å². The van der Waals surface area contributed by atoms with Crippen LogP contribution in [0, 0.1) is 6.92 Å². The first kappa shape index (κ1) is 19.8. The molecular formula is C22H16N4O2S3. The number of thiophene rings is 2. The Bertz CT molecular complexity index is 1430. The lowest BCUT2D eigenvalue weighted by molar-refractivity contribution is -0.116. The molecule has 5 aromatic rings. The van der Waals surface area contributed by atoms with Gasteiger partial charge in [-0.2, -0.15) is 0 Å². The van der Waals surface area contributed by atoms with Crippen molar-refractivity contribution in [2.75, 3.05) is 5.32 Å². The first-order chi connectivity index (χ1) is 15.1. The van der Waals surface area contributed by atoms with Crippen LogP contribution in [-0.4, -0.2) is 20.4 Å². The molecule has 0 atom stereocenters. The minimum Gasteiger partial charge on any atom is -0.325 e. The van der Waals surface area contributed by atoms with Crippen LogP contribution >= 0.6 is 34.0 Å². The lowest BCUT2D eigenvalue weighted by Crippen LogP contribution is -2.27. The zero-order valence-electron chi connectivity index (χ0n) is 16.4. The Morgan fingerprint density at radius 1 is 1.10 bits per heavy atom. The maximum atomic E-state index is 13.0. The second-order valence-electron chi connectivity index (χ2n) is 6.86. The number of rotatable bonds is 5. The van der Waals surface area contributed by atoms with Crippen molar-refractivity contribution in [3.05, 3.63) is 74.2 Å². The lowest BCUT2D eigenvalue weighted by atomic mass is 10.1. The molecule has 31 heavy (non-hydrogen) atoms. The molecule has 0 fully saturated rings. The smallest absolute Gasteiger partial charge is 0.263 e. The normalized spacial score (nSPS) is 11.1. The van der Waals surface area contributed by atoms with E-state index in [1.54, 1.807) is 22.7 Å². The largest absolute Gasteiger partial charge is 0.325 e. The summed E-state index contributed by atoms with van der Waals surface area (Å²) in [4.78, 5) is 36.2. The van der Waals surface area contributed by atoms with E-state index >= 15 is 0 Å². The second kappa shape index (κ2) is 8.18. The minimum atomic E-state index is -0.284. The van der Waals surface area contributed by atoms with Gasteiger partial charge in [0.05, 0.1) is 22.4 Å². The van der Waals surface area contributed by atoms with E-state index in [9.17, 15) is 9.59 Å². The second-order valence-corrected chi connectivity index (χ2v) is 9.73. The van der Waals surface area contributed by atoms with Gasteiger partial charge < -0.3 is 5.32 Å². The quantitative estimate of drug-likeness (QED) is 0.385. The molecule has 0 saturated heterocycles. The Labute approximate surface area is 189 Å². The standard InChI is InChI=1S/C22H16N4O2S3/c1-13-24-17(11-30-13)14-4-6-15(7-5-14)25-19(27)9-26-12-23-21-20(22(26)28)16(10-31-21)18-3-2-8-29-18/h2-8,10-12H,9H2,1H3,(H,25,27). The molecule has 4 aromatic heterocycles. The van der Waals surface area contributed by atoms with Crippen molar-refractivity contribution in [1.29, 1.82) is 0 Å². The fourth-order valence-corrected chi connectivity index (χ4v) is 5.61. The number of aryl methyl sites for hydroxylation is 1. The van der Waals surface area contributed by atoms with E-state index in [2.05, 4.69) is 15.3 Å². The summed E-state index contributed by atoms with van der Waals surface area (Å²) >= 11 is 4.61. The van der Waals surface area contributed by atoms with E-state index in [4.69, 9.17) is 0 Å². The number of anilines is 1. The van der Waals surface area contributed by atoms with Gasteiger partial charge in [-0.3, -0.25) is 14.2 Å². The molecule has 0 aliphatic heterocycles. The summed E-state index contributed by atoms with van der Waals surface area (Å²) in [5.74, 6) is -0.284. The summed E-state index contributed by atoms with van der Waals surface area (Å²) in [6.07, 6.45) is 1.44. The van der Waals surface area contributed by atoms with Gasteiger partial charge in [0.1, 0.15) is 11.4 Å². The van der Waals surface area contributed by atoms with Crippen LogP contribution in [0.15, 0.2) is 63.7 Å². The number of nitrogens with zero attached hydrogens (tertiary/aromatic N) is 3. The number of hydrogen-bond acceptors (Lipinski definition) is 7. The van der Waals surface area contributed by atoms with Crippen LogP contribution in [0.1, 0.15) is 5.01 Å². The third kappa shape index (κ3) is 3.95. The van der Waals surface area contributed by atoms with Gasteiger partial charge >= 0.3 is 0 Å². The number of hydrogen-bond donors (Lipinski definition) is 1. The molecule has 154 valence electrons. The molecule has 4 heterocycles. The first-order valence-corrected chi connectivity index (χ1v) is 12.1. The average molecular weight is 465 g/mol. The van der Waals surface area contributed by atoms with E-state index in [1.807, 2.05) is 59.5 Å². The van der Waals surface area contributed by atoms with Crippen molar-refractivity contribution in [3.63, 3.8) is 0 Å². The molecule has 0 radical (unpaired) electrons. The minimum absolute atomic E-state index is 0.103. The van der Waals surface area contributed by atoms with Gasteiger partial charge in [-0.15, -0.1) is 34.0 Å². The monoisotopic (exact) mass is 464 g/mol. The fourth-order valence-electron chi connectivity index (χ4n) is 3.27. The highest BCUT2D eigenvalue weighted by molar-refractivity contribution is 7.18. The van der Waals surface area contributed by atoms with E-state index in [1.165, 1.54) is 22.2 Å². The molecule has 0 unspecified atom stereocenters. The highest BCUT2D eigenvalue weighted by atomic mass is 32.1. The number of benzene rings is 1. The molecule has 0 aliphatic rings. The number of aromatic nitrogens is 3. The average Bonchev–Trinajstić information content (AvgIpc) is 3.51. The Morgan fingerprint density at radius 2 is 1.94 bits per heavy atom. The van der Waals surface area contributed by atoms with Crippen molar-refractivity contribution in [1.82, 2.24) is 14.5 Å². The predicted octanol–water partition coefficient (Wildman–Crippen LogP) is 5.26. The maximum Gasteiger partial charge on any atom is 0.263 e. The van der Waals surface area contributed by atoms with Crippen LogP contribution in [0.3, 0.4) is 0 Å². The van der Waals surface area contributed by atoms with Crippen LogP contribution in [0.4, 0.5) is 5.69 Å². The molecule has 1 amide bonds. The molecule has 5 rings (SSSR count). The molecular weight excluding hydrogens is 448 g/mol. The van der Waals surface area contributed by atoms with Crippen molar-refractivity contribution >= 4 is 55.8 Å². The Balaban J connectivity index is 1.35. The number of thiazole rings is 1. The van der Waals surface area contributed by atoms with Crippen LogP contribution in [0.25, 0.3) is 31.9 Å². The first-order valence-electron chi connectivity index (χ1n) is 9.41. The molecule has 6 nitrogen and oxygen atoms in total. The van der Waals surface area contributed by atoms with Gasteiger partial charge in [-0.25, -0.2) is 9.97 Å². The summed E-state index contributed by atoms with van der Waals surface area (Å²) in [7, 11) is 0. The van der Waals surface area contributed by atoms with Gasteiger partial charge in [0.15, 0.2) is 0 Å². The topological polar surface area (TPSA) is 76.9 Å². The summed E-state index contributed by atoms with van der Waals surface area (Å²) in [6.45, 7) is 1.87. The van der Waals surface area contributed by atoms with Crippen LogP contribution < -0.4 is 10.9 Å². The lowest BCUT2D eigenvalue weighted by Gasteiger charge is -2.08. The van der Waals surface area contributed by atoms with E-state index < -0.39 is 0 Å². The molecule has 0 bridgehead atoms.